The molecule has 2 saturated heterocycles. The molecule has 1 aliphatic carbocycles. The maximum absolute atomic E-state index is 9.55. The second kappa shape index (κ2) is 6.07. The van der Waals surface area contributed by atoms with Gasteiger partial charge in [-0.1, -0.05) is 12.8 Å². The van der Waals surface area contributed by atoms with Gasteiger partial charge in [0.2, 0.25) is 0 Å². The lowest BCUT2D eigenvalue weighted by atomic mass is 9.82. The van der Waals surface area contributed by atoms with Crippen LogP contribution in [0.25, 0.3) is 0 Å². The van der Waals surface area contributed by atoms with Gasteiger partial charge < -0.3 is 5.11 Å². The first-order chi connectivity index (χ1) is 10.3. The van der Waals surface area contributed by atoms with Crippen molar-refractivity contribution < 1.29 is 5.11 Å². The topological polar surface area (TPSA) is 26.7 Å². The van der Waals surface area contributed by atoms with E-state index < -0.39 is 0 Å². The van der Waals surface area contributed by atoms with Gasteiger partial charge in [0.1, 0.15) is 0 Å². The summed E-state index contributed by atoms with van der Waals surface area (Å²) >= 11 is 0. The molecule has 0 amide bonds. The van der Waals surface area contributed by atoms with Gasteiger partial charge in [0.25, 0.3) is 0 Å². The summed E-state index contributed by atoms with van der Waals surface area (Å²) in [5.41, 5.74) is 0.538. The summed E-state index contributed by atoms with van der Waals surface area (Å²) in [6.45, 7) is 13.9. The van der Waals surface area contributed by atoms with Crippen LogP contribution in [0.1, 0.15) is 66.2 Å². The number of aliphatic hydroxyl groups excluding tert-OH is 1. The number of likely N-dealkylation sites (tertiary alicyclic amines) is 2. The molecule has 0 radical (unpaired) electrons. The maximum atomic E-state index is 9.55. The average Bonchev–Trinajstić information content (AvgIpc) is 2.89. The minimum atomic E-state index is -0.0892. The molecule has 1 N–H and O–H groups in total. The lowest BCUT2D eigenvalue weighted by Crippen LogP contribution is -2.60. The molecule has 3 aliphatic rings. The summed E-state index contributed by atoms with van der Waals surface area (Å²) in [4.78, 5) is 5.22. The van der Waals surface area contributed by atoms with Crippen LogP contribution >= 0.6 is 0 Å². The summed E-state index contributed by atoms with van der Waals surface area (Å²) in [5.74, 6) is 2.01. The largest absolute Gasteiger partial charge is 0.390 e. The lowest BCUT2D eigenvalue weighted by Gasteiger charge is -2.50. The van der Waals surface area contributed by atoms with Crippen LogP contribution in [0.5, 0.6) is 0 Å². The van der Waals surface area contributed by atoms with E-state index in [-0.39, 0.29) is 11.6 Å². The predicted molar refractivity (Wildman–Crippen MR) is 92.0 cm³/mol. The number of rotatable bonds is 5. The van der Waals surface area contributed by atoms with Crippen molar-refractivity contribution >= 4 is 0 Å². The van der Waals surface area contributed by atoms with Crippen LogP contribution in [0.15, 0.2) is 0 Å². The van der Waals surface area contributed by atoms with E-state index in [1.807, 2.05) is 0 Å². The number of fused-ring (bicyclic) bond motifs is 1. The Morgan fingerprint density at radius 2 is 1.41 bits per heavy atom. The maximum Gasteiger partial charge on any atom is 0.0794 e. The van der Waals surface area contributed by atoms with Gasteiger partial charge in [-0.3, -0.25) is 9.80 Å². The Labute approximate surface area is 137 Å². The van der Waals surface area contributed by atoms with E-state index in [2.05, 4.69) is 37.5 Å². The molecule has 22 heavy (non-hydrogen) atoms. The molecule has 2 unspecified atom stereocenters. The van der Waals surface area contributed by atoms with Crippen molar-refractivity contribution in [1.29, 1.82) is 0 Å². The van der Waals surface area contributed by atoms with Crippen molar-refractivity contribution in [1.82, 2.24) is 9.80 Å². The van der Waals surface area contributed by atoms with Crippen molar-refractivity contribution in [3.8, 4) is 0 Å². The smallest absolute Gasteiger partial charge is 0.0794 e. The van der Waals surface area contributed by atoms with E-state index in [1.165, 1.54) is 51.6 Å². The second-order valence-corrected chi connectivity index (χ2v) is 9.37. The Morgan fingerprint density at radius 1 is 0.818 bits per heavy atom. The fourth-order valence-electron chi connectivity index (χ4n) is 4.86. The highest BCUT2D eigenvalue weighted by Crippen LogP contribution is 2.41. The third-order valence-electron chi connectivity index (χ3n) is 6.96. The van der Waals surface area contributed by atoms with Crippen LogP contribution in [0.4, 0.5) is 0 Å². The van der Waals surface area contributed by atoms with Crippen molar-refractivity contribution in [3.63, 3.8) is 0 Å². The molecule has 0 aromatic rings. The average molecular weight is 309 g/mol. The fraction of sp³-hybridized carbons (Fsp3) is 1.00. The molecule has 2 aliphatic heterocycles. The van der Waals surface area contributed by atoms with E-state index in [0.29, 0.717) is 5.54 Å². The summed E-state index contributed by atoms with van der Waals surface area (Å²) in [5, 5.41) is 9.55. The summed E-state index contributed by atoms with van der Waals surface area (Å²) in [6, 6.07) is 0. The van der Waals surface area contributed by atoms with Gasteiger partial charge in [0.15, 0.2) is 0 Å². The highest BCUT2D eigenvalue weighted by molar-refractivity contribution is 4.96. The highest BCUT2D eigenvalue weighted by Gasteiger charge is 2.40. The number of hydrogen-bond acceptors (Lipinski definition) is 3. The van der Waals surface area contributed by atoms with Gasteiger partial charge >= 0.3 is 0 Å². The fourth-order valence-corrected chi connectivity index (χ4v) is 4.86. The molecular weight excluding hydrogens is 272 g/mol. The van der Waals surface area contributed by atoms with E-state index >= 15 is 0 Å². The molecule has 0 bridgehead atoms. The SMILES string of the molecule is CC(C)(CCC(C)(C)N1CCC2CCCC2C1)N1CC(O)C1. The predicted octanol–water partition coefficient (Wildman–Crippen LogP) is 3.12. The van der Waals surface area contributed by atoms with Gasteiger partial charge in [0, 0.05) is 30.7 Å². The molecular formula is C19H36N2O. The quantitative estimate of drug-likeness (QED) is 0.845. The van der Waals surface area contributed by atoms with Crippen LogP contribution in [0.3, 0.4) is 0 Å². The third kappa shape index (κ3) is 3.37. The first-order valence-electron chi connectivity index (χ1n) is 9.46. The second-order valence-electron chi connectivity index (χ2n) is 9.37. The van der Waals surface area contributed by atoms with E-state index in [9.17, 15) is 5.11 Å². The van der Waals surface area contributed by atoms with Crippen molar-refractivity contribution in [2.45, 2.75) is 83.4 Å². The summed E-state index contributed by atoms with van der Waals surface area (Å²) < 4.78 is 0. The number of hydrogen-bond donors (Lipinski definition) is 1. The zero-order valence-corrected chi connectivity index (χ0v) is 15.1. The molecule has 1 saturated carbocycles. The Hall–Kier alpha value is -0.120. The zero-order valence-electron chi connectivity index (χ0n) is 15.1. The molecule has 0 aromatic carbocycles. The van der Waals surface area contributed by atoms with Crippen molar-refractivity contribution in [2.75, 3.05) is 26.2 Å². The molecule has 2 atom stereocenters. The standard InChI is InChI=1S/C19H36N2O/c1-18(2,9-10-19(3,4)21-13-17(22)14-21)20-11-8-15-6-5-7-16(15)12-20/h15-17,22H,5-14H2,1-4H3. The lowest BCUT2D eigenvalue weighted by molar-refractivity contribution is -0.0635. The van der Waals surface area contributed by atoms with Crippen LogP contribution in [-0.4, -0.2) is 58.3 Å². The zero-order chi connectivity index (χ0) is 16.0. The number of aliphatic hydroxyl groups is 1. The third-order valence-corrected chi connectivity index (χ3v) is 6.96. The summed E-state index contributed by atoms with van der Waals surface area (Å²) in [7, 11) is 0. The van der Waals surface area contributed by atoms with Crippen LogP contribution < -0.4 is 0 Å². The molecule has 3 rings (SSSR count). The first-order valence-corrected chi connectivity index (χ1v) is 9.46. The number of piperidine rings is 1. The van der Waals surface area contributed by atoms with Crippen LogP contribution in [-0.2, 0) is 0 Å². The highest BCUT2D eigenvalue weighted by atomic mass is 16.3. The normalized spacial score (nSPS) is 32.0. The molecule has 3 fully saturated rings. The first kappa shape index (κ1) is 16.7. The van der Waals surface area contributed by atoms with Gasteiger partial charge in [0.05, 0.1) is 6.10 Å². The molecule has 3 heteroatoms. The van der Waals surface area contributed by atoms with E-state index in [1.54, 1.807) is 0 Å². The molecule has 128 valence electrons. The summed E-state index contributed by atoms with van der Waals surface area (Å²) in [6.07, 6.45) is 8.23. The Morgan fingerprint density at radius 3 is 2.05 bits per heavy atom. The molecule has 0 aromatic heterocycles. The van der Waals surface area contributed by atoms with Gasteiger partial charge in [-0.2, -0.15) is 0 Å². The Kier molecular flexibility index (Phi) is 4.61. The monoisotopic (exact) mass is 308 g/mol. The molecule has 2 heterocycles. The van der Waals surface area contributed by atoms with Gasteiger partial charge in [-0.25, -0.2) is 0 Å². The minimum Gasteiger partial charge on any atom is -0.390 e. The van der Waals surface area contributed by atoms with Crippen LogP contribution in [0.2, 0.25) is 0 Å². The van der Waals surface area contributed by atoms with Crippen molar-refractivity contribution in [3.05, 3.63) is 0 Å². The van der Waals surface area contributed by atoms with Gasteiger partial charge in [-0.15, -0.1) is 0 Å². The Balaban J connectivity index is 1.52. The number of nitrogens with zero attached hydrogens (tertiary/aromatic N) is 2. The van der Waals surface area contributed by atoms with E-state index in [4.69, 9.17) is 0 Å². The number of β-amino-alcohol motifs (C(OH)–C–C–N with tert-alkyl or cyclic N) is 1. The van der Waals surface area contributed by atoms with E-state index in [0.717, 1.165) is 24.9 Å². The Bertz CT molecular complexity index is 387. The molecule has 0 spiro atoms. The minimum absolute atomic E-state index is 0.0892. The molecule has 3 nitrogen and oxygen atoms in total. The van der Waals surface area contributed by atoms with Crippen molar-refractivity contribution in [2.24, 2.45) is 11.8 Å². The van der Waals surface area contributed by atoms with Gasteiger partial charge in [-0.05, 0) is 71.8 Å². The van der Waals surface area contributed by atoms with Crippen LogP contribution in [0, 0.1) is 11.8 Å².